The van der Waals surface area contributed by atoms with Gasteiger partial charge in [0, 0.05) is 17.7 Å². The van der Waals surface area contributed by atoms with Crippen molar-refractivity contribution in [1.29, 1.82) is 0 Å². The van der Waals surface area contributed by atoms with Gasteiger partial charge in [0.1, 0.15) is 4.21 Å². The van der Waals surface area contributed by atoms with Crippen molar-refractivity contribution in [2.24, 2.45) is 0 Å². The Bertz CT molecular complexity index is 693. The minimum atomic E-state index is -3.18. The maximum absolute atomic E-state index is 11.9. The van der Waals surface area contributed by atoms with Crippen molar-refractivity contribution < 1.29 is 17.9 Å². The monoisotopic (exact) mass is 372 g/mol. The van der Waals surface area contributed by atoms with Crippen LogP contribution in [-0.4, -0.2) is 39.0 Å². The van der Waals surface area contributed by atoms with Gasteiger partial charge in [-0.2, -0.15) is 0 Å². The number of urea groups is 1. The summed E-state index contributed by atoms with van der Waals surface area (Å²) in [5, 5.41) is 5.61. The Morgan fingerprint density at radius 2 is 2.04 bits per heavy atom. The van der Waals surface area contributed by atoms with Gasteiger partial charge >= 0.3 is 6.03 Å². The Labute approximate surface area is 146 Å². The summed E-state index contributed by atoms with van der Waals surface area (Å²) in [6.45, 7) is 0.841. The van der Waals surface area contributed by atoms with E-state index < -0.39 is 9.84 Å². The third kappa shape index (κ3) is 4.29. The highest BCUT2D eigenvalue weighted by atomic mass is 32.2. The summed E-state index contributed by atoms with van der Waals surface area (Å²) in [5.41, 5.74) is 0.0852. The van der Waals surface area contributed by atoms with Crippen LogP contribution in [0, 0.1) is 0 Å². The lowest BCUT2D eigenvalue weighted by atomic mass is 9.98. The summed E-state index contributed by atoms with van der Waals surface area (Å²) in [6, 6.07) is 3.05. The van der Waals surface area contributed by atoms with Crippen LogP contribution in [0.4, 0.5) is 4.79 Å². The van der Waals surface area contributed by atoms with Gasteiger partial charge in [-0.15, -0.1) is 11.3 Å². The zero-order chi connectivity index (χ0) is 17.2. The summed E-state index contributed by atoms with van der Waals surface area (Å²) in [6.07, 6.45) is 8.18. The average molecular weight is 373 g/mol. The van der Waals surface area contributed by atoms with E-state index in [1.165, 1.54) is 30.4 Å². The van der Waals surface area contributed by atoms with Gasteiger partial charge in [-0.1, -0.05) is 12.8 Å². The molecule has 1 saturated heterocycles. The summed E-state index contributed by atoms with van der Waals surface area (Å²) >= 11 is 1.18. The highest BCUT2D eigenvalue weighted by Gasteiger charge is 2.41. The number of hydrogen-bond acceptors (Lipinski definition) is 5. The average Bonchev–Trinajstić information content (AvgIpc) is 3.25. The van der Waals surface area contributed by atoms with Crippen LogP contribution in [0.5, 0.6) is 0 Å². The molecule has 134 valence electrons. The van der Waals surface area contributed by atoms with Crippen LogP contribution in [0.2, 0.25) is 0 Å². The number of rotatable bonds is 5. The molecule has 3 rings (SSSR count). The van der Waals surface area contributed by atoms with Crippen molar-refractivity contribution in [3.63, 3.8) is 0 Å². The van der Waals surface area contributed by atoms with E-state index in [4.69, 9.17) is 4.74 Å². The number of thiophene rings is 1. The molecule has 0 bridgehead atoms. The van der Waals surface area contributed by atoms with Gasteiger partial charge in [-0.25, -0.2) is 13.2 Å². The van der Waals surface area contributed by atoms with Crippen LogP contribution in [0.3, 0.4) is 0 Å². The zero-order valence-corrected chi connectivity index (χ0v) is 15.5. The van der Waals surface area contributed by atoms with E-state index in [2.05, 4.69) is 10.6 Å². The van der Waals surface area contributed by atoms with Gasteiger partial charge in [0.25, 0.3) is 0 Å². The van der Waals surface area contributed by atoms with E-state index in [0.717, 1.165) is 30.6 Å². The minimum absolute atomic E-state index is 0.0852. The normalized spacial score (nSPS) is 22.8. The lowest BCUT2D eigenvalue weighted by Gasteiger charge is -2.23. The molecule has 24 heavy (non-hydrogen) atoms. The van der Waals surface area contributed by atoms with Crippen LogP contribution in [0.25, 0.3) is 0 Å². The van der Waals surface area contributed by atoms with Gasteiger partial charge in [-0.05, 0) is 37.8 Å². The third-order valence-electron chi connectivity index (χ3n) is 4.77. The largest absolute Gasteiger partial charge is 0.370 e. The molecule has 1 atom stereocenters. The summed E-state index contributed by atoms with van der Waals surface area (Å²) in [4.78, 5) is 12.7. The smallest absolute Gasteiger partial charge is 0.315 e. The van der Waals surface area contributed by atoms with Crippen molar-refractivity contribution in [2.75, 3.05) is 12.8 Å². The number of sulfone groups is 1. The first kappa shape index (κ1) is 17.7. The lowest BCUT2D eigenvalue weighted by molar-refractivity contribution is -0.0341. The van der Waals surface area contributed by atoms with Crippen molar-refractivity contribution >= 4 is 27.2 Å². The number of amides is 2. The zero-order valence-electron chi connectivity index (χ0n) is 13.8. The van der Waals surface area contributed by atoms with Gasteiger partial charge in [0.15, 0.2) is 9.84 Å². The number of carbonyl (C=O) groups is 1. The molecule has 6 nitrogen and oxygen atoms in total. The van der Waals surface area contributed by atoms with E-state index in [9.17, 15) is 13.2 Å². The molecule has 8 heteroatoms. The van der Waals surface area contributed by atoms with Gasteiger partial charge in [0.05, 0.1) is 18.2 Å². The van der Waals surface area contributed by atoms with Crippen LogP contribution < -0.4 is 10.6 Å². The van der Waals surface area contributed by atoms with Crippen LogP contribution in [-0.2, 0) is 21.1 Å². The quantitative estimate of drug-likeness (QED) is 0.831. The van der Waals surface area contributed by atoms with Crippen LogP contribution >= 0.6 is 11.3 Å². The predicted octanol–water partition coefficient (Wildman–Crippen LogP) is 2.44. The number of nitrogens with one attached hydrogen (secondary N) is 2. The topological polar surface area (TPSA) is 84.5 Å². The van der Waals surface area contributed by atoms with Gasteiger partial charge in [0.2, 0.25) is 0 Å². The Kier molecular flexibility index (Phi) is 5.17. The van der Waals surface area contributed by atoms with Crippen molar-refractivity contribution in [2.45, 2.75) is 61.0 Å². The summed E-state index contributed by atoms with van der Waals surface area (Å²) < 4.78 is 29.4. The van der Waals surface area contributed by atoms with Gasteiger partial charge < -0.3 is 15.4 Å². The number of carbonyl (C=O) groups excluding carboxylic acids is 1. The molecule has 0 aromatic carbocycles. The highest BCUT2D eigenvalue weighted by molar-refractivity contribution is 7.92. The molecule has 2 aliphatic rings. The van der Waals surface area contributed by atoms with E-state index in [1.54, 1.807) is 12.1 Å². The molecule has 0 radical (unpaired) electrons. The number of ether oxygens (including phenoxy) is 1. The fraction of sp³-hybridized carbons (Fsp3) is 0.688. The first-order valence-corrected chi connectivity index (χ1v) is 11.1. The first-order chi connectivity index (χ1) is 11.4. The molecule has 1 aliphatic heterocycles. The molecule has 1 spiro atoms. The van der Waals surface area contributed by atoms with Crippen molar-refractivity contribution in [3.8, 4) is 0 Å². The van der Waals surface area contributed by atoms with Crippen LogP contribution in [0.15, 0.2) is 16.3 Å². The highest BCUT2D eigenvalue weighted by Crippen LogP contribution is 2.43. The SMILES string of the molecule is CS(=O)(=O)c1ccc(CNC(=O)NC[C@H]2CCC3(CCCC3)O2)s1. The molecule has 2 amide bonds. The Hall–Kier alpha value is -1.12. The van der Waals surface area contributed by atoms with E-state index in [-0.39, 0.29) is 17.7 Å². The summed E-state index contributed by atoms with van der Waals surface area (Å²) in [7, 11) is -3.18. The molecule has 2 heterocycles. The molecular formula is C16H24N2O4S2. The molecule has 1 saturated carbocycles. The summed E-state index contributed by atoms with van der Waals surface area (Å²) in [5.74, 6) is 0. The second-order valence-electron chi connectivity index (χ2n) is 6.73. The van der Waals surface area contributed by atoms with Crippen molar-refractivity contribution in [3.05, 3.63) is 17.0 Å². The van der Waals surface area contributed by atoms with E-state index in [1.807, 2.05) is 0 Å². The van der Waals surface area contributed by atoms with Crippen LogP contribution in [0.1, 0.15) is 43.4 Å². The second kappa shape index (κ2) is 7.01. The fourth-order valence-electron chi connectivity index (χ4n) is 3.52. The minimum Gasteiger partial charge on any atom is -0.370 e. The standard InChI is InChI=1S/C16H24N2O4S2/c1-24(20,21)14-5-4-13(23-14)11-18-15(19)17-10-12-6-9-16(22-12)7-2-3-8-16/h4-5,12H,2-3,6-11H2,1H3,(H2,17,18,19)/t12-/m1/s1. The second-order valence-corrected chi connectivity index (χ2v) is 10.1. The molecule has 1 aromatic heterocycles. The number of hydrogen-bond donors (Lipinski definition) is 2. The molecule has 2 N–H and O–H groups in total. The molecule has 0 unspecified atom stereocenters. The predicted molar refractivity (Wildman–Crippen MR) is 93.0 cm³/mol. The Morgan fingerprint density at radius 1 is 1.29 bits per heavy atom. The Morgan fingerprint density at radius 3 is 2.71 bits per heavy atom. The fourth-order valence-corrected chi connectivity index (χ4v) is 5.43. The molecule has 1 aliphatic carbocycles. The maximum Gasteiger partial charge on any atom is 0.315 e. The third-order valence-corrected chi connectivity index (χ3v) is 7.67. The van der Waals surface area contributed by atoms with E-state index in [0.29, 0.717) is 17.3 Å². The first-order valence-electron chi connectivity index (χ1n) is 8.35. The lowest BCUT2D eigenvalue weighted by Crippen LogP contribution is -2.40. The maximum atomic E-state index is 11.9. The van der Waals surface area contributed by atoms with E-state index >= 15 is 0 Å². The molecular weight excluding hydrogens is 348 g/mol. The molecule has 2 fully saturated rings. The van der Waals surface area contributed by atoms with Gasteiger partial charge in [-0.3, -0.25) is 0 Å². The van der Waals surface area contributed by atoms with Crippen molar-refractivity contribution in [1.82, 2.24) is 10.6 Å². The molecule has 1 aromatic rings. The Balaban J connectivity index is 1.39.